The Bertz CT molecular complexity index is 3130. The van der Waals surface area contributed by atoms with Crippen LogP contribution in [-0.4, -0.2) is 77.2 Å². The summed E-state index contributed by atoms with van der Waals surface area (Å²) in [5.74, 6) is 1.75. The third-order valence-electron chi connectivity index (χ3n) is 14.1. The lowest BCUT2D eigenvalue weighted by atomic mass is 9.65. The molecule has 4 amide bonds. The maximum absolute atomic E-state index is 16.8. The summed E-state index contributed by atoms with van der Waals surface area (Å²) in [4.78, 5) is 84.7. The number of cyclic esters (lactones) is 1. The van der Waals surface area contributed by atoms with Crippen LogP contribution in [0.25, 0.3) is 10.2 Å². The molecule has 10 rings (SSSR count). The Hall–Kier alpha value is -7.64. The topological polar surface area (TPSA) is 177 Å². The van der Waals surface area contributed by atoms with E-state index in [0.29, 0.717) is 27.8 Å². The fourth-order valence-electron chi connectivity index (χ4n) is 11.0. The quantitative estimate of drug-likeness (QED) is 0.0836. The average Bonchev–Trinajstić information content (AvgIpc) is 4.05. The number of para-hydroxylation sites is 2. The molecule has 0 unspecified atom stereocenters. The summed E-state index contributed by atoms with van der Waals surface area (Å²) in [7, 11) is 1.22. The number of rotatable bonds is 11. The molecule has 3 N–H and O–H groups in total. The van der Waals surface area contributed by atoms with E-state index >= 15 is 19.2 Å². The normalized spacial score (nSPS) is 22.8. The van der Waals surface area contributed by atoms with Crippen molar-refractivity contribution in [3.05, 3.63) is 167 Å². The lowest BCUT2D eigenvalue weighted by Crippen LogP contribution is -2.57. The van der Waals surface area contributed by atoms with E-state index in [1.54, 1.807) is 56.3 Å². The first-order valence-electron chi connectivity index (χ1n) is 24.2. The van der Waals surface area contributed by atoms with E-state index in [1.165, 1.54) is 18.4 Å². The van der Waals surface area contributed by atoms with Gasteiger partial charge < -0.3 is 30.0 Å². The number of carbonyl (C=O) groups is 5. The van der Waals surface area contributed by atoms with Gasteiger partial charge in [0.15, 0.2) is 5.13 Å². The summed E-state index contributed by atoms with van der Waals surface area (Å²) in [6, 6.07) is 32.5. The van der Waals surface area contributed by atoms with Gasteiger partial charge >= 0.3 is 18.0 Å². The first-order chi connectivity index (χ1) is 35.0. The highest BCUT2D eigenvalue weighted by molar-refractivity contribution is 7.22. The van der Waals surface area contributed by atoms with Crippen molar-refractivity contribution in [1.29, 1.82) is 0 Å². The minimum Gasteiger partial charge on any atom is -0.491 e. The van der Waals surface area contributed by atoms with E-state index in [9.17, 15) is 9.90 Å². The summed E-state index contributed by atoms with van der Waals surface area (Å²) < 4.78 is 18.9. The molecule has 5 aromatic carbocycles. The Kier molecular flexibility index (Phi) is 13.5. The third-order valence-corrected chi connectivity index (χ3v) is 15.0. The molecular formula is C57H53N5O9S. The fourth-order valence-corrected chi connectivity index (χ4v) is 11.9. The molecule has 0 radical (unpaired) electrons. The van der Waals surface area contributed by atoms with Gasteiger partial charge in [-0.15, -0.1) is 0 Å². The highest BCUT2D eigenvalue weighted by Gasteiger charge is 2.76. The molecule has 4 heterocycles. The number of ether oxygens (including phenoxy) is 3. The van der Waals surface area contributed by atoms with Crippen LogP contribution >= 0.6 is 11.3 Å². The number of aliphatic hydroxyl groups is 1. The van der Waals surface area contributed by atoms with Crippen molar-refractivity contribution in [3.63, 3.8) is 0 Å². The van der Waals surface area contributed by atoms with E-state index in [4.69, 9.17) is 19.2 Å². The van der Waals surface area contributed by atoms with Gasteiger partial charge in [-0.1, -0.05) is 134 Å². The lowest BCUT2D eigenvalue weighted by molar-refractivity contribution is -0.178. The smallest absolute Gasteiger partial charge is 0.329 e. The molecule has 3 aliphatic heterocycles. The van der Waals surface area contributed by atoms with E-state index in [0.717, 1.165) is 40.9 Å². The van der Waals surface area contributed by atoms with Crippen LogP contribution in [-0.2, 0) is 34.1 Å². The summed E-state index contributed by atoms with van der Waals surface area (Å²) in [5.41, 5.74) is 2.06. The van der Waals surface area contributed by atoms with Crippen LogP contribution in [0.2, 0.25) is 0 Å². The second-order valence-corrected chi connectivity index (χ2v) is 19.7. The maximum atomic E-state index is 16.8. The Morgan fingerprint density at radius 1 is 0.889 bits per heavy atom. The second-order valence-electron chi connectivity index (χ2n) is 18.6. The fraction of sp³-hybridized carbons (Fsp3) is 0.298. The highest BCUT2D eigenvalue weighted by Crippen LogP contribution is 2.67. The number of amides is 4. The molecule has 2 saturated heterocycles. The zero-order valence-electron chi connectivity index (χ0n) is 39.9. The largest absolute Gasteiger partial charge is 0.491 e. The number of allylic oxidation sites excluding steroid dienone is 2. The zero-order valence-corrected chi connectivity index (χ0v) is 40.8. The third kappa shape index (κ3) is 8.48. The lowest BCUT2D eigenvalue weighted by Gasteiger charge is -2.46. The summed E-state index contributed by atoms with van der Waals surface area (Å²) >= 11 is 1.23. The van der Waals surface area contributed by atoms with Crippen LogP contribution < -0.4 is 20.3 Å². The molecule has 4 aliphatic rings. The van der Waals surface area contributed by atoms with Crippen LogP contribution in [0, 0.1) is 23.7 Å². The van der Waals surface area contributed by atoms with E-state index in [2.05, 4.69) is 28.6 Å². The van der Waals surface area contributed by atoms with E-state index < -0.39 is 77.3 Å². The van der Waals surface area contributed by atoms with Gasteiger partial charge in [-0.2, -0.15) is 0 Å². The molecule has 1 aliphatic carbocycles. The van der Waals surface area contributed by atoms with Crippen LogP contribution in [0.4, 0.5) is 15.6 Å². The average molecular weight is 984 g/mol. The summed E-state index contributed by atoms with van der Waals surface area (Å²) in [6.45, 7) is 3.01. The Balaban J connectivity index is 1.29. The Labute approximate surface area is 421 Å². The number of aromatic nitrogens is 1. The minimum atomic E-state index is -2.17. The minimum absolute atomic E-state index is 0.118. The molecular weight excluding hydrogens is 931 g/mol. The molecule has 1 spiro atoms. The maximum Gasteiger partial charge on any atom is 0.329 e. The number of benzene rings is 5. The number of aliphatic hydroxyl groups excluding tert-OH is 1. The van der Waals surface area contributed by atoms with Crippen molar-refractivity contribution in [2.75, 3.05) is 30.5 Å². The molecule has 15 heteroatoms. The molecule has 1 aromatic heterocycles. The van der Waals surface area contributed by atoms with Gasteiger partial charge in [0, 0.05) is 11.1 Å². The van der Waals surface area contributed by atoms with Gasteiger partial charge in [0.05, 0.1) is 47.6 Å². The molecule has 366 valence electrons. The number of thiazole rings is 1. The molecule has 7 atom stereocenters. The Morgan fingerprint density at radius 2 is 1.61 bits per heavy atom. The number of imide groups is 1. The van der Waals surface area contributed by atoms with Gasteiger partial charge in [0.1, 0.15) is 36.0 Å². The van der Waals surface area contributed by atoms with Gasteiger partial charge in [-0.25, -0.2) is 19.5 Å². The van der Waals surface area contributed by atoms with Gasteiger partial charge in [0.25, 0.3) is 0 Å². The number of hydrogen-bond acceptors (Lipinski definition) is 12. The number of morpholine rings is 1. The van der Waals surface area contributed by atoms with Crippen molar-refractivity contribution < 1.29 is 43.3 Å². The van der Waals surface area contributed by atoms with Crippen molar-refractivity contribution in [2.45, 2.75) is 75.2 Å². The van der Waals surface area contributed by atoms with E-state index in [1.807, 2.05) is 89.8 Å². The number of esters is 2. The number of nitrogens with zero attached hydrogens (tertiary/aromatic N) is 3. The van der Waals surface area contributed by atoms with Crippen LogP contribution in [0.1, 0.15) is 85.5 Å². The number of nitrogens with one attached hydrogen (secondary N) is 2. The first kappa shape index (κ1) is 48.0. The molecule has 0 bridgehead atoms. The second kappa shape index (κ2) is 20.2. The molecule has 72 heavy (non-hydrogen) atoms. The number of urea groups is 1. The molecule has 6 aromatic rings. The van der Waals surface area contributed by atoms with Crippen molar-refractivity contribution >= 4 is 62.2 Å². The van der Waals surface area contributed by atoms with Crippen molar-refractivity contribution in [1.82, 2.24) is 15.2 Å². The summed E-state index contributed by atoms with van der Waals surface area (Å²) in [6.07, 6.45) is 4.94. The summed E-state index contributed by atoms with van der Waals surface area (Å²) in [5, 5.41) is 16.2. The van der Waals surface area contributed by atoms with Crippen LogP contribution in [0.5, 0.6) is 5.75 Å². The number of fused-ring (bicyclic) bond motifs is 4. The monoisotopic (exact) mass is 983 g/mol. The van der Waals surface area contributed by atoms with Crippen LogP contribution in [0.3, 0.4) is 0 Å². The number of carbonyl (C=O) groups excluding carboxylic acids is 5. The van der Waals surface area contributed by atoms with Crippen molar-refractivity contribution in [2.24, 2.45) is 11.8 Å². The predicted octanol–water partition coefficient (Wildman–Crippen LogP) is 8.73. The first-order valence-corrected chi connectivity index (χ1v) is 25.0. The number of methoxy groups -OCH3 is 1. The van der Waals surface area contributed by atoms with Gasteiger partial charge in [0.2, 0.25) is 11.8 Å². The standard InChI is InChI=1S/C57H53N5O9S/c1-34(2)46(52(65)69-3)59-56(68)61-42-30-29-36(28-27-35-17-7-4-8-18-35)33-40(42)57(54(61)67)45(51(64)60-55-58-41-24-14-16-26-44(41)72-55)48-53(66)71-49(38-21-11-6-12-22-38)47(37-19-9-5-10-20-37)62(48)50(57)39-23-13-15-25-43(39)70-32-31-63/h5-6,9-17,19-26,29-30,33-34,45-50,63H,4,7-8,18,31-32H2,1-3H3,(H,59,68)(H,58,60,64)/t45-,46-,47-,48-,49+,50+,57-/m0/s1. The van der Waals surface area contributed by atoms with E-state index in [-0.39, 0.29) is 35.3 Å². The molecule has 2 fully saturated rings. The van der Waals surface area contributed by atoms with Crippen LogP contribution in [0.15, 0.2) is 139 Å². The SMILES string of the molecule is COC(=O)[C@@H](NC(=O)N1C(=O)[C@@]2(c3cc(C#CC4=CCCCC4)ccc31)[C@H](C(=O)Nc1nc3ccccc3s1)[C@H]1C(=O)O[C@H](c3ccccc3)[C@H](c3ccccc3)N1[C@@H]2c1ccccc1OCCO)C(C)C. The number of hydrogen-bond donors (Lipinski definition) is 3. The van der Waals surface area contributed by atoms with Gasteiger partial charge in [-0.3, -0.25) is 19.3 Å². The predicted molar refractivity (Wildman–Crippen MR) is 272 cm³/mol. The number of anilines is 2. The Morgan fingerprint density at radius 3 is 2.32 bits per heavy atom. The van der Waals surface area contributed by atoms with Gasteiger partial charge in [-0.05, 0) is 90.3 Å². The van der Waals surface area contributed by atoms with Crippen molar-refractivity contribution in [3.8, 4) is 17.6 Å². The molecule has 0 saturated carbocycles. The molecule has 14 nitrogen and oxygen atoms in total. The zero-order chi connectivity index (χ0) is 50.1. The highest BCUT2D eigenvalue weighted by atomic mass is 32.1.